The van der Waals surface area contributed by atoms with Crippen molar-refractivity contribution in [3.8, 4) is 0 Å². The highest BCUT2D eigenvalue weighted by atomic mass is 32.2. The highest BCUT2D eigenvalue weighted by molar-refractivity contribution is 7.90. The minimum Gasteiger partial charge on any atom is -0.351 e. The van der Waals surface area contributed by atoms with Crippen molar-refractivity contribution < 1.29 is 13.2 Å². The maximum Gasteiger partial charge on any atom is 0.243 e. The average Bonchev–Trinajstić information content (AvgIpc) is 3.48. The molecule has 1 aliphatic heterocycles. The molecular weight excluding hydrogens is 372 g/mol. The number of hydrogen-bond donors (Lipinski definition) is 1. The first-order valence-electron chi connectivity index (χ1n) is 9.99. The van der Waals surface area contributed by atoms with Gasteiger partial charge in [-0.25, -0.2) is 8.42 Å². The van der Waals surface area contributed by atoms with Gasteiger partial charge in [-0.05, 0) is 54.4 Å². The van der Waals surface area contributed by atoms with Crippen LogP contribution in [0.4, 0.5) is 0 Å². The Morgan fingerprint density at radius 2 is 1.54 bits per heavy atom. The van der Waals surface area contributed by atoms with Gasteiger partial charge in [0.15, 0.2) is 0 Å². The third-order valence-electron chi connectivity index (χ3n) is 6.16. The van der Waals surface area contributed by atoms with E-state index in [2.05, 4.69) is 17.4 Å². The summed E-state index contributed by atoms with van der Waals surface area (Å²) in [6.07, 6.45) is 3.65. The van der Waals surface area contributed by atoms with Crippen LogP contribution < -0.4 is 5.32 Å². The second-order valence-electron chi connectivity index (χ2n) is 8.09. The standard InChI is InChI=1S/C22H24N2O3S/c25-22(23-18-13-16-6-1-2-7-17(16)14-18)21-20-8-4-3-5-15(20)11-12-24(21)28(26,27)19-9-10-19/h1-8,18-19,21H,9-14H2,(H,23,25). The molecule has 0 aromatic heterocycles. The van der Waals surface area contributed by atoms with E-state index in [1.165, 1.54) is 15.4 Å². The molecule has 6 heteroatoms. The van der Waals surface area contributed by atoms with Crippen LogP contribution in [0.15, 0.2) is 48.5 Å². The molecule has 0 bridgehead atoms. The van der Waals surface area contributed by atoms with Gasteiger partial charge in [0.1, 0.15) is 6.04 Å². The number of benzene rings is 2. The van der Waals surface area contributed by atoms with Gasteiger partial charge in [-0.2, -0.15) is 4.31 Å². The quantitative estimate of drug-likeness (QED) is 0.863. The lowest BCUT2D eigenvalue weighted by atomic mass is 9.93. The van der Waals surface area contributed by atoms with Crippen molar-refractivity contribution in [1.82, 2.24) is 9.62 Å². The first kappa shape index (κ1) is 17.9. The SMILES string of the molecule is O=C(NC1Cc2ccccc2C1)C1c2ccccc2CCN1S(=O)(=O)C1CC1. The molecule has 1 N–H and O–H groups in total. The number of nitrogens with one attached hydrogen (secondary N) is 1. The lowest BCUT2D eigenvalue weighted by molar-refractivity contribution is -0.126. The molecule has 1 heterocycles. The van der Waals surface area contributed by atoms with E-state index in [1.807, 2.05) is 36.4 Å². The third-order valence-corrected chi connectivity index (χ3v) is 8.52. The molecule has 1 unspecified atom stereocenters. The Morgan fingerprint density at radius 3 is 2.18 bits per heavy atom. The number of hydrogen-bond acceptors (Lipinski definition) is 3. The molecule has 2 aromatic carbocycles. The Kier molecular flexibility index (Phi) is 4.29. The lowest BCUT2D eigenvalue weighted by Gasteiger charge is -2.36. The van der Waals surface area contributed by atoms with Gasteiger partial charge in [-0.3, -0.25) is 4.79 Å². The normalized spacial score (nSPS) is 22.5. The van der Waals surface area contributed by atoms with Gasteiger partial charge in [0.25, 0.3) is 0 Å². The van der Waals surface area contributed by atoms with E-state index < -0.39 is 16.1 Å². The number of carbonyl (C=O) groups excluding carboxylic acids is 1. The monoisotopic (exact) mass is 396 g/mol. The van der Waals surface area contributed by atoms with Crippen LogP contribution in [0.5, 0.6) is 0 Å². The predicted molar refractivity (Wildman–Crippen MR) is 107 cm³/mol. The molecule has 1 atom stereocenters. The highest BCUT2D eigenvalue weighted by Gasteiger charge is 2.47. The van der Waals surface area contributed by atoms with E-state index in [0.29, 0.717) is 25.8 Å². The molecule has 1 fully saturated rings. The van der Waals surface area contributed by atoms with E-state index in [4.69, 9.17) is 0 Å². The minimum atomic E-state index is -3.44. The van der Waals surface area contributed by atoms with Gasteiger partial charge < -0.3 is 5.32 Å². The summed E-state index contributed by atoms with van der Waals surface area (Å²) in [5.41, 5.74) is 4.42. The van der Waals surface area contributed by atoms with Crippen LogP contribution >= 0.6 is 0 Å². The van der Waals surface area contributed by atoms with E-state index in [1.54, 1.807) is 0 Å². The Bertz CT molecular complexity index is 1000. The molecule has 0 saturated heterocycles. The first-order valence-corrected chi connectivity index (χ1v) is 11.5. The average molecular weight is 397 g/mol. The number of rotatable bonds is 4. The molecule has 28 heavy (non-hydrogen) atoms. The Balaban J connectivity index is 1.44. The zero-order valence-electron chi connectivity index (χ0n) is 15.7. The minimum absolute atomic E-state index is 0.0180. The van der Waals surface area contributed by atoms with E-state index in [-0.39, 0.29) is 17.2 Å². The third kappa shape index (κ3) is 3.05. The summed E-state index contributed by atoms with van der Waals surface area (Å²) in [5.74, 6) is -0.200. The molecule has 5 nitrogen and oxygen atoms in total. The van der Waals surface area contributed by atoms with Gasteiger partial charge in [0.2, 0.25) is 15.9 Å². The molecule has 0 radical (unpaired) electrons. The molecule has 0 spiro atoms. The van der Waals surface area contributed by atoms with Gasteiger partial charge in [0, 0.05) is 12.6 Å². The van der Waals surface area contributed by atoms with Crippen LogP contribution in [-0.4, -0.2) is 36.5 Å². The Morgan fingerprint density at radius 1 is 0.929 bits per heavy atom. The fourth-order valence-electron chi connectivity index (χ4n) is 4.59. The molecule has 1 amide bonds. The summed E-state index contributed by atoms with van der Waals surface area (Å²) in [6, 6.07) is 15.2. The Hall–Kier alpha value is -2.18. The number of amides is 1. The second kappa shape index (κ2) is 6.71. The van der Waals surface area contributed by atoms with E-state index in [0.717, 1.165) is 24.0 Å². The summed E-state index contributed by atoms with van der Waals surface area (Å²) in [6.45, 7) is 0.374. The largest absolute Gasteiger partial charge is 0.351 e. The van der Waals surface area contributed by atoms with Crippen LogP contribution in [0.2, 0.25) is 0 Å². The summed E-state index contributed by atoms with van der Waals surface area (Å²) < 4.78 is 27.5. The van der Waals surface area contributed by atoms with Crippen molar-refractivity contribution >= 4 is 15.9 Å². The van der Waals surface area contributed by atoms with Crippen LogP contribution in [-0.2, 0) is 34.1 Å². The predicted octanol–water partition coefficient (Wildman–Crippen LogP) is 2.36. The van der Waals surface area contributed by atoms with Crippen molar-refractivity contribution in [2.24, 2.45) is 0 Å². The maximum atomic E-state index is 13.4. The second-order valence-corrected chi connectivity index (χ2v) is 10.3. The number of carbonyl (C=O) groups is 1. The van der Waals surface area contributed by atoms with Crippen LogP contribution in [0.1, 0.15) is 41.1 Å². The number of fused-ring (bicyclic) bond motifs is 2. The van der Waals surface area contributed by atoms with Gasteiger partial charge in [0.05, 0.1) is 5.25 Å². The molecule has 3 aliphatic rings. The van der Waals surface area contributed by atoms with Crippen LogP contribution in [0, 0.1) is 0 Å². The van der Waals surface area contributed by atoms with Crippen LogP contribution in [0.25, 0.3) is 0 Å². The molecule has 5 rings (SSSR count). The smallest absolute Gasteiger partial charge is 0.243 e. The molecule has 1 saturated carbocycles. The summed E-state index contributed by atoms with van der Waals surface area (Å²) >= 11 is 0. The van der Waals surface area contributed by atoms with Gasteiger partial charge in [-0.15, -0.1) is 0 Å². The van der Waals surface area contributed by atoms with E-state index in [9.17, 15) is 13.2 Å². The number of nitrogens with zero attached hydrogens (tertiary/aromatic N) is 1. The lowest BCUT2D eigenvalue weighted by Crippen LogP contribution is -2.50. The fourth-order valence-corrected chi connectivity index (χ4v) is 6.55. The summed E-state index contributed by atoms with van der Waals surface area (Å²) in [7, 11) is -3.44. The van der Waals surface area contributed by atoms with Gasteiger partial charge >= 0.3 is 0 Å². The van der Waals surface area contributed by atoms with Crippen molar-refractivity contribution in [3.63, 3.8) is 0 Å². The zero-order valence-corrected chi connectivity index (χ0v) is 16.5. The van der Waals surface area contributed by atoms with Crippen molar-refractivity contribution in [2.75, 3.05) is 6.54 Å². The first-order chi connectivity index (χ1) is 13.5. The summed E-state index contributed by atoms with van der Waals surface area (Å²) in [4.78, 5) is 13.4. The highest BCUT2D eigenvalue weighted by Crippen LogP contribution is 2.39. The van der Waals surface area contributed by atoms with Crippen molar-refractivity contribution in [1.29, 1.82) is 0 Å². The van der Waals surface area contributed by atoms with Crippen molar-refractivity contribution in [2.45, 2.75) is 49.4 Å². The topological polar surface area (TPSA) is 66.5 Å². The summed E-state index contributed by atoms with van der Waals surface area (Å²) in [5, 5.41) is 2.84. The number of sulfonamides is 1. The molecule has 2 aromatic rings. The zero-order chi connectivity index (χ0) is 19.3. The van der Waals surface area contributed by atoms with Gasteiger partial charge in [-0.1, -0.05) is 48.5 Å². The molecular formula is C22H24N2O3S. The molecule has 146 valence electrons. The molecule has 2 aliphatic carbocycles. The maximum absolute atomic E-state index is 13.4. The van der Waals surface area contributed by atoms with Crippen molar-refractivity contribution in [3.05, 3.63) is 70.8 Å². The van der Waals surface area contributed by atoms with E-state index >= 15 is 0 Å². The Labute approximate surface area is 165 Å². The van der Waals surface area contributed by atoms with Crippen LogP contribution in [0.3, 0.4) is 0 Å². The fraction of sp³-hybridized carbons (Fsp3) is 0.409.